The first-order valence-electron chi connectivity index (χ1n) is 4.32. The Bertz CT molecular complexity index is 401. The molecule has 2 heterocycles. The molecule has 1 aromatic heterocycles. The van der Waals surface area contributed by atoms with Gasteiger partial charge in [-0.2, -0.15) is 0 Å². The van der Waals surface area contributed by atoms with Gasteiger partial charge in [0.25, 0.3) is 5.91 Å². The van der Waals surface area contributed by atoms with E-state index < -0.39 is 5.91 Å². The molecule has 8 nitrogen and oxygen atoms in total. The molecule has 0 radical (unpaired) electrons. The number of hydrogen-bond donors (Lipinski definition) is 3. The van der Waals surface area contributed by atoms with Crippen LogP contribution in [0.25, 0.3) is 0 Å². The van der Waals surface area contributed by atoms with Crippen molar-refractivity contribution in [1.82, 2.24) is 20.9 Å². The van der Waals surface area contributed by atoms with E-state index in [0.29, 0.717) is 6.54 Å². The Morgan fingerprint density at radius 3 is 2.93 bits per heavy atom. The Balaban J connectivity index is 1.98. The van der Waals surface area contributed by atoms with Crippen molar-refractivity contribution in [3.63, 3.8) is 0 Å². The van der Waals surface area contributed by atoms with Crippen molar-refractivity contribution in [1.29, 1.82) is 0 Å². The van der Waals surface area contributed by atoms with E-state index in [2.05, 4.69) is 25.6 Å². The summed E-state index contributed by atoms with van der Waals surface area (Å²) in [6.07, 6.45) is 0.261. The lowest BCUT2D eigenvalue weighted by Crippen LogP contribution is -2.36. The van der Waals surface area contributed by atoms with E-state index in [9.17, 15) is 9.59 Å². The second-order valence-corrected chi connectivity index (χ2v) is 3.18. The third-order valence-electron chi connectivity index (χ3n) is 2.04. The van der Waals surface area contributed by atoms with Crippen molar-refractivity contribution in [3.8, 4) is 0 Å². The smallest absolute Gasteiger partial charge is 0.277 e. The zero-order valence-corrected chi connectivity index (χ0v) is 7.69. The molecule has 0 saturated carbocycles. The number of rotatable bonds is 2. The molecule has 2 rings (SSSR count). The number of carbonyl (C=O) groups is 2. The Labute approximate surface area is 84.1 Å². The summed E-state index contributed by atoms with van der Waals surface area (Å²) in [4.78, 5) is 22.4. The standard InChI is InChI=1S/C7H9N5O3/c8-6-5(11-15-12-6)7(14)10-3-1-4(13)9-2-3/h3H,1-2H2,(H2,8,12)(H,9,13)(H,10,14). The summed E-state index contributed by atoms with van der Waals surface area (Å²) in [6, 6.07) is -0.235. The van der Waals surface area contributed by atoms with Crippen molar-refractivity contribution in [2.75, 3.05) is 12.3 Å². The van der Waals surface area contributed by atoms with Gasteiger partial charge in [0.05, 0.1) is 6.04 Å². The topological polar surface area (TPSA) is 123 Å². The molecule has 1 aliphatic heterocycles. The fourth-order valence-corrected chi connectivity index (χ4v) is 1.31. The number of anilines is 1. The molecule has 1 aromatic rings. The largest absolute Gasteiger partial charge is 0.379 e. The summed E-state index contributed by atoms with van der Waals surface area (Å²) in [5.41, 5.74) is 5.27. The van der Waals surface area contributed by atoms with Crippen LogP contribution in [-0.4, -0.2) is 34.7 Å². The van der Waals surface area contributed by atoms with E-state index in [0.717, 1.165) is 0 Å². The molecule has 4 N–H and O–H groups in total. The maximum absolute atomic E-state index is 11.5. The average molecular weight is 211 g/mol. The summed E-state index contributed by atoms with van der Waals surface area (Å²) in [6.45, 7) is 0.412. The second-order valence-electron chi connectivity index (χ2n) is 3.18. The summed E-state index contributed by atoms with van der Waals surface area (Å²) in [5.74, 6) is -0.647. The fourth-order valence-electron chi connectivity index (χ4n) is 1.31. The zero-order valence-electron chi connectivity index (χ0n) is 7.69. The van der Waals surface area contributed by atoms with Crippen molar-refractivity contribution >= 4 is 17.6 Å². The second kappa shape index (κ2) is 3.56. The molecule has 0 bridgehead atoms. The van der Waals surface area contributed by atoms with Crippen molar-refractivity contribution in [2.45, 2.75) is 12.5 Å². The predicted molar refractivity (Wildman–Crippen MR) is 47.6 cm³/mol. The summed E-state index contributed by atoms with van der Waals surface area (Å²) in [7, 11) is 0. The van der Waals surface area contributed by atoms with Gasteiger partial charge in [-0.15, -0.1) is 0 Å². The number of nitrogen functional groups attached to an aromatic ring is 1. The van der Waals surface area contributed by atoms with Gasteiger partial charge in [0, 0.05) is 13.0 Å². The zero-order chi connectivity index (χ0) is 10.8. The molecule has 1 unspecified atom stereocenters. The molecule has 15 heavy (non-hydrogen) atoms. The van der Waals surface area contributed by atoms with Crippen LogP contribution in [0.1, 0.15) is 16.9 Å². The molecule has 1 saturated heterocycles. The van der Waals surface area contributed by atoms with Gasteiger partial charge in [-0.25, -0.2) is 4.63 Å². The number of nitrogens with zero attached hydrogens (tertiary/aromatic N) is 2. The van der Waals surface area contributed by atoms with E-state index in [1.54, 1.807) is 0 Å². The van der Waals surface area contributed by atoms with Crippen molar-refractivity contribution in [3.05, 3.63) is 5.69 Å². The van der Waals surface area contributed by atoms with Crippen LogP contribution in [0.5, 0.6) is 0 Å². The van der Waals surface area contributed by atoms with Crippen molar-refractivity contribution < 1.29 is 14.2 Å². The van der Waals surface area contributed by atoms with E-state index in [-0.39, 0.29) is 29.9 Å². The highest BCUT2D eigenvalue weighted by Gasteiger charge is 2.25. The van der Waals surface area contributed by atoms with Crippen LogP contribution in [0.2, 0.25) is 0 Å². The Kier molecular flexibility index (Phi) is 2.24. The third kappa shape index (κ3) is 1.87. The highest BCUT2D eigenvalue weighted by molar-refractivity contribution is 5.96. The minimum atomic E-state index is -0.491. The summed E-state index contributed by atoms with van der Waals surface area (Å²) < 4.78 is 4.28. The maximum atomic E-state index is 11.5. The molecule has 1 atom stereocenters. The SMILES string of the molecule is Nc1nonc1C(=O)NC1CNC(=O)C1. The summed E-state index contributed by atoms with van der Waals surface area (Å²) >= 11 is 0. The van der Waals surface area contributed by atoms with Gasteiger partial charge in [0.15, 0.2) is 0 Å². The first kappa shape index (κ1) is 9.44. The lowest BCUT2D eigenvalue weighted by Gasteiger charge is -2.07. The van der Waals surface area contributed by atoms with Crippen LogP contribution in [-0.2, 0) is 4.79 Å². The maximum Gasteiger partial charge on any atom is 0.277 e. The van der Waals surface area contributed by atoms with Crippen molar-refractivity contribution in [2.24, 2.45) is 0 Å². The first-order chi connectivity index (χ1) is 7.16. The molecule has 1 fully saturated rings. The average Bonchev–Trinajstić information content (AvgIpc) is 2.75. The number of aromatic nitrogens is 2. The minimum absolute atomic E-state index is 0.0608. The van der Waals surface area contributed by atoms with Gasteiger partial charge in [0.1, 0.15) is 0 Å². The van der Waals surface area contributed by atoms with E-state index >= 15 is 0 Å². The molecule has 80 valence electrons. The quantitative estimate of drug-likeness (QED) is 0.534. The van der Waals surface area contributed by atoms with Gasteiger partial charge >= 0.3 is 0 Å². The van der Waals surface area contributed by atoms with Crippen LogP contribution in [0, 0.1) is 0 Å². The lowest BCUT2D eigenvalue weighted by molar-refractivity contribution is -0.119. The predicted octanol–water partition coefficient (Wildman–Crippen LogP) is -1.73. The van der Waals surface area contributed by atoms with Gasteiger partial charge in [-0.3, -0.25) is 9.59 Å². The third-order valence-corrected chi connectivity index (χ3v) is 2.04. The van der Waals surface area contributed by atoms with Crippen LogP contribution in [0.4, 0.5) is 5.82 Å². The molecular formula is C7H9N5O3. The van der Waals surface area contributed by atoms with Crippen LogP contribution >= 0.6 is 0 Å². The van der Waals surface area contributed by atoms with Crippen LogP contribution < -0.4 is 16.4 Å². The number of hydrogen-bond acceptors (Lipinski definition) is 6. The molecule has 1 aliphatic rings. The minimum Gasteiger partial charge on any atom is -0.379 e. The van der Waals surface area contributed by atoms with E-state index in [1.165, 1.54) is 0 Å². The van der Waals surface area contributed by atoms with Gasteiger partial charge in [0.2, 0.25) is 17.4 Å². The monoisotopic (exact) mass is 211 g/mol. The highest BCUT2D eigenvalue weighted by Crippen LogP contribution is 2.06. The van der Waals surface area contributed by atoms with Crippen LogP contribution in [0.3, 0.4) is 0 Å². The van der Waals surface area contributed by atoms with E-state index in [4.69, 9.17) is 5.73 Å². The normalized spacial score (nSPS) is 20.0. The Morgan fingerprint density at radius 1 is 1.60 bits per heavy atom. The number of amides is 2. The Hall–Kier alpha value is -2.12. The molecule has 0 aliphatic carbocycles. The van der Waals surface area contributed by atoms with Gasteiger partial charge < -0.3 is 16.4 Å². The molecule has 2 amide bonds. The van der Waals surface area contributed by atoms with Crippen LogP contribution in [0.15, 0.2) is 4.63 Å². The molecule has 0 spiro atoms. The van der Waals surface area contributed by atoms with Gasteiger partial charge in [-0.1, -0.05) is 0 Å². The van der Waals surface area contributed by atoms with Gasteiger partial charge in [-0.05, 0) is 10.3 Å². The molecule has 8 heteroatoms. The lowest BCUT2D eigenvalue weighted by atomic mass is 10.2. The fraction of sp³-hybridized carbons (Fsp3) is 0.429. The highest BCUT2D eigenvalue weighted by atomic mass is 16.6. The first-order valence-corrected chi connectivity index (χ1v) is 4.32. The van der Waals surface area contributed by atoms with E-state index in [1.807, 2.05) is 0 Å². The number of carbonyl (C=O) groups excluding carboxylic acids is 2. The molecule has 0 aromatic carbocycles. The number of nitrogens with two attached hydrogens (primary N) is 1. The number of nitrogens with one attached hydrogen (secondary N) is 2. The Morgan fingerprint density at radius 2 is 2.40 bits per heavy atom. The molecular weight excluding hydrogens is 202 g/mol. The summed E-state index contributed by atoms with van der Waals surface area (Å²) in [5, 5.41) is 11.8.